The molecule has 1 heterocycles. The Morgan fingerprint density at radius 3 is 2.28 bits per heavy atom. The van der Waals surface area contributed by atoms with Crippen molar-refractivity contribution in [3.8, 4) is 0 Å². The van der Waals surface area contributed by atoms with E-state index < -0.39 is 5.41 Å². The van der Waals surface area contributed by atoms with Crippen LogP contribution in [0.4, 0.5) is 11.4 Å². The van der Waals surface area contributed by atoms with Crippen LogP contribution in [0.15, 0.2) is 54.6 Å². The van der Waals surface area contributed by atoms with Crippen LogP contribution in [0, 0.1) is 5.41 Å². The predicted molar refractivity (Wildman–Crippen MR) is 115 cm³/mol. The Kier molecular flexibility index (Phi) is 6.54. The van der Waals surface area contributed by atoms with E-state index in [1.807, 2.05) is 61.5 Å². The van der Waals surface area contributed by atoms with Crippen molar-refractivity contribution in [2.75, 3.05) is 36.5 Å². The van der Waals surface area contributed by atoms with Gasteiger partial charge in [0, 0.05) is 13.1 Å². The molecule has 1 aliphatic rings. The summed E-state index contributed by atoms with van der Waals surface area (Å²) in [6.07, 6.45) is 0. The van der Waals surface area contributed by atoms with Crippen LogP contribution < -0.4 is 15.5 Å². The first kappa shape index (κ1) is 20.9. The van der Waals surface area contributed by atoms with Gasteiger partial charge in [-0.25, -0.2) is 0 Å². The zero-order valence-corrected chi connectivity index (χ0v) is 17.3. The number of morpholine rings is 1. The molecule has 6 heteroatoms. The topological polar surface area (TPSA) is 70.7 Å². The Labute approximate surface area is 172 Å². The molecule has 1 fully saturated rings. The first-order valence-electron chi connectivity index (χ1n) is 9.98. The van der Waals surface area contributed by atoms with E-state index in [9.17, 15) is 9.59 Å². The van der Waals surface area contributed by atoms with E-state index in [-0.39, 0.29) is 17.9 Å². The molecule has 1 atom stereocenters. The van der Waals surface area contributed by atoms with Crippen LogP contribution in [0.3, 0.4) is 0 Å². The molecule has 2 aromatic rings. The van der Waals surface area contributed by atoms with Gasteiger partial charge in [0.05, 0.1) is 30.6 Å². The Hall–Kier alpha value is -2.86. The highest BCUT2D eigenvalue weighted by Crippen LogP contribution is 2.29. The Bertz CT molecular complexity index is 845. The summed E-state index contributed by atoms with van der Waals surface area (Å²) in [6, 6.07) is 17.2. The number of hydrogen-bond donors (Lipinski definition) is 2. The maximum Gasteiger partial charge on any atom is 0.239 e. The van der Waals surface area contributed by atoms with Crippen LogP contribution >= 0.6 is 0 Å². The van der Waals surface area contributed by atoms with E-state index in [1.165, 1.54) is 0 Å². The molecular weight excluding hydrogens is 366 g/mol. The first-order valence-corrected chi connectivity index (χ1v) is 9.98. The van der Waals surface area contributed by atoms with E-state index in [0.717, 1.165) is 24.3 Å². The molecule has 3 rings (SSSR count). The molecule has 1 aliphatic heterocycles. The zero-order chi connectivity index (χ0) is 20.9. The summed E-state index contributed by atoms with van der Waals surface area (Å²) in [5, 5.41) is 5.91. The lowest BCUT2D eigenvalue weighted by Gasteiger charge is -2.31. The highest BCUT2D eigenvalue weighted by molar-refractivity contribution is 6.10. The van der Waals surface area contributed by atoms with E-state index in [2.05, 4.69) is 15.5 Å². The van der Waals surface area contributed by atoms with Gasteiger partial charge in [-0.15, -0.1) is 0 Å². The summed E-state index contributed by atoms with van der Waals surface area (Å²) in [7, 11) is 0. The minimum absolute atomic E-state index is 0.184. The number of para-hydroxylation sites is 2. The average molecular weight is 396 g/mol. The number of benzene rings is 2. The molecule has 1 saturated heterocycles. The second kappa shape index (κ2) is 9.09. The molecule has 0 radical (unpaired) electrons. The van der Waals surface area contributed by atoms with Gasteiger partial charge in [0.1, 0.15) is 5.41 Å². The van der Waals surface area contributed by atoms with E-state index in [4.69, 9.17) is 4.74 Å². The normalized spacial score (nSPS) is 15.5. The number of ether oxygens (including phenoxy) is 1. The summed E-state index contributed by atoms with van der Waals surface area (Å²) in [5.74, 6) is -0.647. The second-order valence-electron chi connectivity index (χ2n) is 7.80. The largest absolute Gasteiger partial charge is 0.378 e. The van der Waals surface area contributed by atoms with Crippen molar-refractivity contribution in [2.24, 2.45) is 5.41 Å². The van der Waals surface area contributed by atoms with Gasteiger partial charge in [0.25, 0.3) is 0 Å². The minimum atomic E-state index is -1.22. The van der Waals surface area contributed by atoms with Crippen LogP contribution in [0.5, 0.6) is 0 Å². The van der Waals surface area contributed by atoms with Crippen molar-refractivity contribution in [3.63, 3.8) is 0 Å². The fourth-order valence-electron chi connectivity index (χ4n) is 3.24. The third-order valence-corrected chi connectivity index (χ3v) is 5.29. The molecule has 29 heavy (non-hydrogen) atoms. The quantitative estimate of drug-likeness (QED) is 0.736. The molecule has 0 aromatic heterocycles. The lowest BCUT2D eigenvalue weighted by molar-refractivity contribution is -0.138. The molecule has 1 unspecified atom stereocenters. The molecule has 154 valence electrons. The van der Waals surface area contributed by atoms with Gasteiger partial charge in [-0.05, 0) is 38.5 Å². The molecule has 6 nitrogen and oxygen atoms in total. The van der Waals surface area contributed by atoms with Crippen molar-refractivity contribution in [3.05, 3.63) is 60.2 Å². The maximum absolute atomic E-state index is 13.0. The summed E-state index contributed by atoms with van der Waals surface area (Å²) in [6.45, 7) is 8.06. The molecule has 0 spiro atoms. The van der Waals surface area contributed by atoms with E-state index in [0.29, 0.717) is 18.9 Å². The smallest absolute Gasteiger partial charge is 0.239 e. The van der Waals surface area contributed by atoms with Crippen molar-refractivity contribution in [2.45, 2.75) is 26.8 Å². The zero-order valence-electron chi connectivity index (χ0n) is 17.3. The Morgan fingerprint density at radius 2 is 1.59 bits per heavy atom. The molecule has 0 aliphatic carbocycles. The molecule has 2 N–H and O–H groups in total. The standard InChI is InChI=1S/C23H29N3O3/c1-17(18-9-5-4-6-10-18)24-21(27)23(2,3)22(28)25-19-11-7-8-12-20(19)26-13-15-29-16-14-26/h4-12,17H,13-16H2,1-3H3,(H,24,27)(H,25,28). The van der Waals surface area contributed by atoms with Crippen LogP contribution in [0.25, 0.3) is 0 Å². The lowest BCUT2D eigenvalue weighted by atomic mass is 9.90. The van der Waals surface area contributed by atoms with Crippen LogP contribution in [-0.2, 0) is 14.3 Å². The summed E-state index contributed by atoms with van der Waals surface area (Å²) >= 11 is 0. The number of nitrogens with one attached hydrogen (secondary N) is 2. The number of carbonyl (C=O) groups excluding carboxylic acids is 2. The third kappa shape index (κ3) is 4.95. The van der Waals surface area contributed by atoms with Gasteiger partial charge in [0.2, 0.25) is 11.8 Å². The van der Waals surface area contributed by atoms with Crippen LogP contribution in [0.2, 0.25) is 0 Å². The van der Waals surface area contributed by atoms with Crippen molar-refractivity contribution in [1.82, 2.24) is 5.32 Å². The van der Waals surface area contributed by atoms with Gasteiger partial charge in [-0.1, -0.05) is 42.5 Å². The monoisotopic (exact) mass is 395 g/mol. The van der Waals surface area contributed by atoms with Crippen molar-refractivity contribution in [1.29, 1.82) is 0 Å². The number of rotatable bonds is 6. The van der Waals surface area contributed by atoms with Gasteiger partial charge >= 0.3 is 0 Å². The summed E-state index contributed by atoms with van der Waals surface area (Å²) in [5.41, 5.74) is 1.42. The number of hydrogen-bond acceptors (Lipinski definition) is 4. The Morgan fingerprint density at radius 1 is 0.966 bits per heavy atom. The fourth-order valence-corrected chi connectivity index (χ4v) is 3.24. The van der Waals surface area contributed by atoms with E-state index in [1.54, 1.807) is 13.8 Å². The van der Waals surface area contributed by atoms with Gasteiger partial charge < -0.3 is 20.3 Å². The molecule has 0 bridgehead atoms. The van der Waals surface area contributed by atoms with Crippen molar-refractivity contribution < 1.29 is 14.3 Å². The predicted octanol–water partition coefficient (Wildman–Crippen LogP) is 3.37. The Balaban J connectivity index is 1.70. The highest BCUT2D eigenvalue weighted by Gasteiger charge is 2.37. The number of anilines is 2. The van der Waals surface area contributed by atoms with Crippen LogP contribution in [-0.4, -0.2) is 38.1 Å². The minimum Gasteiger partial charge on any atom is -0.378 e. The molecular formula is C23H29N3O3. The molecule has 2 aromatic carbocycles. The highest BCUT2D eigenvalue weighted by atomic mass is 16.5. The second-order valence-corrected chi connectivity index (χ2v) is 7.80. The average Bonchev–Trinajstić information content (AvgIpc) is 2.75. The van der Waals surface area contributed by atoms with Crippen molar-refractivity contribution >= 4 is 23.2 Å². The maximum atomic E-state index is 13.0. The number of nitrogens with zero attached hydrogens (tertiary/aromatic N) is 1. The number of carbonyl (C=O) groups is 2. The first-order chi connectivity index (χ1) is 13.9. The van der Waals surface area contributed by atoms with Gasteiger partial charge in [-0.2, -0.15) is 0 Å². The summed E-state index contributed by atoms with van der Waals surface area (Å²) < 4.78 is 5.42. The van der Waals surface area contributed by atoms with Gasteiger partial charge in [0.15, 0.2) is 0 Å². The summed E-state index contributed by atoms with van der Waals surface area (Å²) in [4.78, 5) is 28.1. The lowest BCUT2D eigenvalue weighted by Crippen LogP contribution is -2.46. The molecule has 0 saturated carbocycles. The van der Waals surface area contributed by atoms with Gasteiger partial charge in [-0.3, -0.25) is 9.59 Å². The molecule has 2 amide bonds. The SMILES string of the molecule is CC(NC(=O)C(C)(C)C(=O)Nc1ccccc1N1CCOCC1)c1ccccc1. The van der Waals surface area contributed by atoms with Crippen LogP contribution in [0.1, 0.15) is 32.4 Å². The fraction of sp³-hybridized carbons (Fsp3) is 0.391. The van der Waals surface area contributed by atoms with E-state index >= 15 is 0 Å². The third-order valence-electron chi connectivity index (χ3n) is 5.29. The number of amides is 2.